The fourth-order valence-electron chi connectivity index (χ4n) is 8.37. The Morgan fingerprint density at radius 1 is 1.06 bits per heavy atom. The Morgan fingerprint density at radius 3 is 2.44 bits per heavy atom. The molecule has 3 aliphatic rings. The van der Waals surface area contributed by atoms with Crippen LogP contribution in [-0.4, -0.2) is 94.3 Å². The quantitative estimate of drug-likeness (QED) is 0.254. The molecule has 6 rings (SSSR count). The molecule has 2 aromatic carbocycles. The van der Waals surface area contributed by atoms with Gasteiger partial charge in [0.25, 0.3) is 0 Å². The number of nitrogens with zero attached hydrogens (tertiary/aromatic N) is 6. The summed E-state index contributed by atoms with van der Waals surface area (Å²) in [4.78, 5) is 49.8. The second kappa shape index (κ2) is 13.9. The minimum atomic E-state index is -0.870. The number of likely N-dealkylation sites (tertiary alicyclic amines) is 1. The molecule has 1 spiro atoms. The van der Waals surface area contributed by atoms with Gasteiger partial charge in [-0.25, -0.2) is 4.68 Å². The number of para-hydroxylation sites is 1. The van der Waals surface area contributed by atoms with E-state index in [0.717, 1.165) is 23.0 Å². The Labute approximate surface area is 286 Å². The molecule has 3 amide bonds. The molecule has 3 saturated heterocycles. The van der Waals surface area contributed by atoms with Gasteiger partial charge in [0.05, 0.1) is 34.7 Å². The van der Waals surface area contributed by atoms with Gasteiger partial charge in [-0.2, -0.15) is 0 Å². The predicted octanol–water partition coefficient (Wildman–Crippen LogP) is 4.36. The summed E-state index contributed by atoms with van der Waals surface area (Å²) in [6.45, 7) is 14.9. The van der Waals surface area contributed by atoms with Crippen molar-refractivity contribution in [3.05, 3.63) is 85.5 Å². The van der Waals surface area contributed by atoms with Gasteiger partial charge < -0.3 is 19.8 Å². The first kappa shape index (κ1) is 33.9. The van der Waals surface area contributed by atoms with E-state index in [4.69, 9.17) is 0 Å². The third kappa shape index (κ3) is 5.74. The van der Waals surface area contributed by atoms with E-state index in [1.54, 1.807) is 43.3 Å². The van der Waals surface area contributed by atoms with E-state index in [1.807, 2.05) is 68.4 Å². The average molecular weight is 671 g/mol. The van der Waals surface area contributed by atoms with E-state index in [2.05, 4.69) is 30.4 Å². The zero-order valence-corrected chi connectivity index (χ0v) is 28.8. The second-order valence-electron chi connectivity index (χ2n) is 13.8. The molecule has 10 nitrogen and oxygen atoms in total. The van der Waals surface area contributed by atoms with Crippen LogP contribution in [0.3, 0.4) is 0 Å². The summed E-state index contributed by atoms with van der Waals surface area (Å²) in [6.07, 6.45) is 4.65. The summed E-state index contributed by atoms with van der Waals surface area (Å²) in [6, 6.07) is 16.0. The maximum absolute atomic E-state index is 15.1. The minimum absolute atomic E-state index is 0.0115. The largest absolute Gasteiger partial charge is 0.394 e. The number of aromatic nitrogens is 3. The number of aliphatic hydroxyl groups is 1. The molecule has 1 aromatic heterocycles. The van der Waals surface area contributed by atoms with Crippen molar-refractivity contribution >= 4 is 40.5 Å². The molecule has 0 radical (unpaired) electrons. The third-order valence-electron chi connectivity index (χ3n) is 10.3. The van der Waals surface area contributed by atoms with Crippen molar-refractivity contribution in [2.24, 2.45) is 23.7 Å². The highest BCUT2D eigenvalue weighted by Gasteiger charge is 2.77. The highest BCUT2D eigenvalue weighted by atomic mass is 32.2. The SMILES string of the molecule is C=CCN(Cn1nnc2ccccc21)C(=O)C1N([C@@H](CO)CC(C)C)C(=O)[C@@H]2[C@H](C(=O)N(CC=C)Cc3ccccc3)[C@@H]3CC(C)C12S3. The molecule has 3 aliphatic heterocycles. The molecular weight excluding hydrogens is 625 g/mol. The fourth-order valence-corrected chi connectivity index (χ4v) is 10.8. The predicted molar refractivity (Wildman–Crippen MR) is 187 cm³/mol. The van der Waals surface area contributed by atoms with Gasteiger partial charge in [-0.15, -0.1) is 30.0 Å². The van der Waals surface area contributed by atoms with Gasteiger partial charge >= 0.3 is 0 Å². The Kier molecular flexibility index (Phi) is 9.81. The number of thioether (sulfide) groups is 1. The minimum Gasteiger partial charge on any atom is -0.394 e. The molecule has 48 heavy (non-hydrogen) atoms. The normalized spacial score (nSPS) is 26.6. The Balaban J connectivity index is 1.41. The first-order valence-corrected chi connectivity index (χ1v) is 17.8. The Morgan fingerprint density at radius 2 is 1.75 bits per heavy atom. The Bertz CT molecular complexity index is 1680. The third-order valence-corrected chi connectivity index (χ3v) is 12.4. The van der Waals surface area contributed by atoms with Crippen LogP contribution in [0.4, 0.5) is 0 Å². The van der Waals surface area contributed by atoms with Crippen LogP contribution in [0.2, 0.25) is 0 Å². The van der Waals surface area contributed by atoms with E-state index in [0.29, 0.717) is 19.5 Å². The lowest BCUT2D eigenvalue weighted by molar-refractivity contribution is -0.148. The van der Waals surface area contributed by atoms with Crippen LogP contribution in [0, 0.1) is 23.7 Å². The fraction of sp³-hybridized carbons (Fsp3) is 0.486. The number of carbonyl (C=O) groups excluding carboxylic acids is 3. The number of hydrogen-bond donors (Lipinski definition) is 1. The summed E-state index contributed by atoms with van der Waals surface area (Å²) in [5, 5.41) is 19.3. The molecule has 3 unspecified atom stereocenters. The molecule has 4 heterocycles. The van der Waals surface area contributed by atoms with Gasteiger partial charge in [0.1, 0.15) is 18.2 Å². The van der Waals surface area contributed by atoms with Crippen LogP contribution in [-0.2, 0) is 27.6 Å². The number of benzene rings is 2. The van der Waals surface area contributed by atoms with Crippen LogP contribution in [0.1, 0.15) is 39.2 Å². The molecule has 11 heteroatoms. The molecule has 3 fully saturated rings. The van der Waals surface area contributed by atoms with Crippen LogP contribution in [0.25, 0.3) is 11.0 Å². The first-order valence-electron chi connectivity index (χ1n) is 16.9. The molecule has 0 aliphatic carbocycles. The second-order valence-corrected chi connectivity index (χ2v) is 15.4. The maximum atomic E-state index is 15.1. The smallest absolute Gasteiger partial charge is 0.248 e. The Hall–Kier alpha value is -3.96. The van der Waals surface area contributed by atoms with Crippen molar-refractivity contribution in [3.8, 4) is 0 Å². The molecule has 0 saturated carbocycles. The van der Waals surface area contributed by atoms with E-state index in [-0.39, 0.29) is 54.6 Å². The standard InChI is InChI=1S/C37H46N6O4S/c1-6-17-40(21-26-13-9-8-10-14-26)34(45)31-30-20-25(5)37(48-30)32(31)35(46)43(27(22-44)19-24(3)4)33(37)36(47)41(18-7-2)23-42-29-16-12-11-15-28(29)38-39-42/h6-16,24-25,27,30-33,44H,1-2,17-23H2,3-5H3/t25?,27-,30+,31-,32+,33?,37?/m1/s1. The number of amides is 3. The van der Waals surface area contributed by atoms with Gasteiger partial charge in [0.15, 0.2) is 0 Å². The molecule has 254 valence electrons. The zero-order valence-electron chi connectivity index (χ0n) is 28.0. The zero-order chi connectivity index (χ0) is 34.2. The van der Waals surface area contributed by atoms with Gasteiger partial charge in [0, 0.05) is 24.9 Å². The van der Waals surface area contributed by atoms with E-state index < -0.39 is 28.7 Å². The maximum Gasteiger partial charge on any atom is 0.248 e. The van der Waals surface area contributed by atoms with Gasteiger partial charge in [-0.05, 0) is 42.4 Å². The van der Waals surface area contributed by atoms with Crippen molar-refractivity contribution in [3.63, 3.8) is 0 Å². The lowest BCUT2D eigenvalue weighted by Gasteiger charge is -2.42. The number of hydrogen-bond acceptors (Lipinski definition) is 7. The highest BCUT2D eigenvalue weighted by Crippen LogP contribution is 2.69. The van der Waals surface area contributed by atoms with Crippen molar-refractivity contribution in [1.29, 1.82) is 0 Å². The monoisotopic (exact) mass is 670 g/mol. The summed E-state index contributed by atoms with van der Waals surface area (Å²) < 4.78 is 0.858. The lowest BCUT2D eigenvalue weighted by Crippen LogP contribution is -2.59. The van der Waals surface area contributed by atoms with E-state index in [1.165, 1.54) is 0 Å². The van der Waals surface area contributed by atoms with Gasteiger partial charge in [0.2, 0.25) is 17.7 Å². The summed E-state index contributed by atoms with van der Waals surface area (Å²) >= 11 is 1.65. The van der Waals surface area contributed by atoms with Crippen LogP contribution >= 0.6 is 11.8 Å². The molecule has 7 atom stereocenters. The number of carbonyl (C=O) groups is 3. The highest BCUT2D eigenvalue weighted by molar-refractivity contribution is 8.02. The lowest BCUT2D eigenvalue weighted by atomic mass is 9.65. The summed E-state index contributed by atoms with van der Waals surface area (Å²) in [5.41, 5.74) is 2.51. The van der Waals surface area contributed by atoms with Gasteiger partial charge in [-0.1, -0.05) is 80.6 Å². The number of aliphatic hydroxyl groups excluding tert-OH is 1. The number of rotatable bonds is 14. The van der Waals surface area contributed by atoms with Crippen LogP contribution < -0.4 is 0 Å². The van der Waals surface area contributed by atoms with Crippen molar-refractivity contribution < 1.29 is 19.5 Å². The van der Waals surface area contributed by atoms with Crippen LogP contribution in [0.15, 0.2) is 79.9 Å². The molecular formula is C37H46N6O4S. The molecule has 2 bridgehead atoms. The van der Waals surface area contributed by atoms with E-state index >= 15 is 4.79 Å². The van der Waals surface area contributed by atoms with Gasteiger partial charge in [-0.3, -0.25) is 14.4 Å². The van der Waals surface area contributed by atoms with Crippen molar-refractivity contribution in [2.75, 3.05) is 19.7 Å². The summed E-state index contributed by atoms with van der Waals surface area (Å²) in [5.74, 6) is -1.65. The van der Waals surface area contributed by atoms with E-state index in [9.17, 15) is 14.7 Å². The molecule has 1 N–H and O–H groups in total. The number of fused-ring (bicyclic) bond motifs is 2. The van der Waals surface area contributed by atoms with Crippen molar-refractivity contribution in [2.45, 2.75) is 68.9 Å². The first-order chi connectivity index (χ1) is 23.2. The summed E-state index contributed by atoms with van der Waals surface area (Å²) in [7, 11) is 0. The topological polar surface area (TPSA) is 112 Å². The van der Waals surface area contributed by atoms with Crippen LogP contribution in [0.5, 0.6) is 0 Å². The molecule has 3 aromatic rings. The van der Waals surface area contributed by atoms with Crippen molar-refractivity contribution in [1.82, 2.24) is 29.7 Å². The average Bonchev–Trinajstić information content (AvgIpc) is 3.80.